The predicted octanol–water partition coefficient (Wildman–Crippen LogP) is 0.254. The number of nitrogens with zero attached hydrogens (tertiary/aromatic N) is 1. The minimum atomic E-state index is 1.04. The monoisotopic (exact) mass is 273 g/mol. The van der Waals surface area contributed by atoms with E-state index in [1.807, 2.05) is 18.2 Å². The van der Waals surface area contributed by atoms with Gasteiger partial charge in [-0.1, -0.05) is 0 Å². The number of aromatic nitrogens is 1. The Morgan fingerprint density at radius 2 is 2.29 bits per heavy atom. The van der Waals surface area contributed by atoms with Crippen molar-refractivity contribution in [3.8, 4) is 0 Å². The Hall–Kier alpha value is -0.162. The predicted molar refractivity (Wildman–Crippen MR) is 23.9 cm³/mol. The van der Waals surface area contributed by atoms with Crippen LogP contribution in [0, 0.1) is 0 Å². The maximum atomic E-state index is 3.97. The van der Waals surface area contributed by atoms with E-state index in [1.165, 1.54) is 0 Å². The molecule has 0 aliphatic heterocycles. The summed E-state index contributed by atoms with van der Waals surface area (Å²) in [7, 11) is 0. The van der Waals surface area contributed by atoms with Gasteiger partial charge in [-0.3, -0.25) is 0 Å². The summed E-state index contributed by atoms with van der Waals surface area (Å²) in [5.74, 6) is 0. The van der Waals surface area contributed by atoms with Gasteiger partial charge in [-0.05, 0) is 0 Å². The van der Waals surface area contributed by atoms with E-state index in [0.717, 1.165) is 4.08 Å². The van der Waals surface area contributed by atoms with Crippen LogP contribution in [0.5, 0.6) is 0 Å². The van der Waals surface area contributed by atoms with Gasteiger partial charge in [-0.2, -0.15) is 0 Å². The second kappa shape index (κ2) is 2.22. The molecule has 0 aliphatic rings. The normalized spacial score (nSPS) is 8.86. The first-order valence-corrected chi connectivity index (χ1v) is 3.06. The van der Waals surface area contributed by atoms with Crippen molar-refractivity contribution < 1.29 is 19.8 Å². The van der Waals surface area contributed by atoms with Crippen LogP contribution >= 0.6 is 0 Å². The van der Waals surface area contributed by atoms with Crippen LogP contribution in [0.25, 0.3) is 0 Å². The Labute approximate surface area is 53.7 Å². The second-order valence-corrected chi connectivity index (χ2v) is 2.28. The van der Waals surface area contributed by atoms with Crippen molar-refractivity contribution in [3.63, 3.8) is 0 Å². The standard InChI is InChI=1S/C5H4N.Pt/c1-2-4-6-5-3-1;/h1-4H;. The first-order chi connectivity index (χ1) is 3.39. The molecule has 0 saturated heterocycles. The van der Waals surface area contributed by atoms with Crippen molar-refractivity contribution in [2.75, 3.05) is 0 Å². The van der Waals surface area contributed by atoms with Crippen molar-refractivity contribution in [1.29, 1.82) is 0 Å². The molecule has 7 heavy (non-hydrogen) atoms. The molecule has 0 bridgehead atoms. The summed E-state index contributed by atoms with van der Waals surface area (Å²) in [4.78, 5) is 3.97. The molecule has 39 valence electrons. The summed E-state index contributed by atoms with van der Waals surface area (Å²) in [6.07, 6.45) is 1.78. The molecule has 1 rings (SSSR count). The van der Waals surface area contributed by atoms with Gasteiger partial charge in [0.15, 0.2) is 0 Å². The summed E-state index contributed by atoms with van der Waals surface area (Å²) in [5.41, 5.74) is 0. The molecular formula is C5H4NPt. The average molecular weight is 273 g/mol. The van der Waals surface area contributed by atoms with E-state index in [0.29, 0.717) is 0 Å². The molecule has 1 heterocycles. The molecule has 0 aromatic carbocycles. The van der Waals surface area contributed by atoms with Gasteiger partial charge in [0.1, 0.15) is 0 Å². The zero-order valence-corrected chi connectivity index (χ0v) is 5.85. The van der Waals surface area contributed by atoms with Crippen LogP contribution in [0.2, 0.25) is 0 Å². The Morgan fingerprint density at radius 1 is 1.43 bits per heavy atom. The fourth-order valence-electron chi connectivity index (χ4n) is 0.331. The Bertz CT molecular complexity index is 138. The van der Waals surface area contributed by atoms with E-state index < -0.39 is 0 Å². The summed E-state index contributed by atoms with van der Waals surface area (Å²) in [6, 6.07) is 5.83. The number of rotatable bonds is 0. The van der Waals surface area contributed by atoms with Crippen LogP contribution in [0.15, 0.2) is 24.4 Å². The molecule has 0 unspecified atom stereocenters. The first-order valence-electron chi connectivity index (χ1n) is 1.93. The zero-order valence-electron chi connectivity index (χ0n) is 3.57. The van der Waals surface area contributed by atoms with Gasteiger partial charge in [0.05, 0.1) is 0 Å². The van der Waals surface area contributed by atoms with Gasteiger partial charge in [0.2, 0.25) is 0 Å². The molecule has 1 aromatic rings. The van der Waals surface area contributed by atoms with Crippen LogP contribution in [-0.2, 0) is 19.8 Å². The molecule has 2 heteroatoms. The van der Waals surface area contributed by atoms with Crippen LogP contribution in [0.4, 0.5) is 0 Å². The quantitative estimate of drug-likeness (QED) is 0.660. The van der Waals surface area contributed by atoms with E-state index >= 15 is 0 Å². The van der Waals surface area contributed by atoms with E-state index in [4.69, 9.17) is 0 Å². The fourth-order valence-corrected chi connectivity index (χ4v) is 0.719. The van der Waals surface area contributed by atoms with E-state index in [2.05, 4.69) is 24.8 Å². The number of pyridine rings is 1. The van der Waals surface area contributed by atoms with Crippen LogP contribution in [0.3, 0.4) is 0 Å². The zero-order chi connectivity index (χ0) is 5.11. The van der Waals surface area contributed by atoms with Crippen LogP contribution in [0.1, 0.15) is 0 Å². The topological polar surface area (TPSA) is 12.9 Å². The summed E-state index contributed by atoms with van der Waals surface area (Å²) >= 11 is 2.15. The van der Waals surface area contributed by atoms with Gasteiger partial charge in [-0.25, -0.2) is 0 Å². The van der Waals surface area contributed by atoms with Gasteiger partial charge < -0.3 is 0 Å². The maximum absolute atomic E-state index is 3.97. The second-order valence-electron chi connectivity index (χ2n) is 1.12. The molecular weight excluding hydrogens is 269 g/mol. The molecule has 0 fully saturated rings. The summed E-state index contributed by atoms with van der Waals surface area (Å²) in [6.45, 7) is 0. The van der Waals surface area contributed by atoms with Gasteiger partial charge in [-0.15, -0.1) is 0 Å². The Balaban J connectivity index is 3.02. The van der Waals surface area contributed by atoms with Crippen molar-refractivity contribution in [3.05, 3.63) is 24.4 Å². The van der Waals surface area contributed by atoms with Gasteiger partial charge >= 0.3 is 53.3 Å². The van der Waals surface area contributed by atoms with Crippen molar-refractivity contribution in [2.45, 2.75) is 0 Å². The molecule has 0 aliphatic carbocycles. The van der Waals surface area contributed by atoms with Crippen molar-refractivity contribution in [2.24, 2.45) is 0 Å². The molecule has 1 aromatic heterocycles. The van der Waals surface area contributed by atoms with Gasteiger partial charge in [0.25, 0.3) is 0 Å². The third-order valence-electron chi connectivity index (χ3n) is 0.611. The van der Waals surface area contributed by atoms with Crippen LogP contribution < -0.4 is 4.08 Å². The Kier molecular flexibility index (Phi) is 1.58. The first kappa shape index (κ1) is 4.98. The van der Waals surface area contributed by atoms with Gasteiger partial charge in [0, 0.05) is 0 Å². The van der Waals surface area contributed by atoms with Crippen molar-refractivity contribution in [1.82, 2.24) is 4.98 Å². The fraction of sp³-hybridized carbons (Fsp3) is 0. The SMILES string of the molecule is [Pt][c]1ccccn1. The number of hydrogen-bond donors (Lipinski definition) is 0. The molecule has 0 amide bonds. The molecule has 0 radical (unpaired) electrons. The third-order valence-corrected chi connectivity index (χ3v) is 1.28. The molecule has 0 spiro atoms. The van der Waals surface area contributed by atoms with E-state index in [1.54, 1.807) is 6.20 Å². The minimum absolute atomic E-state index is 1.04. The summed E-state index contributed by atoms with van der Waals surface area (Å²) < 4.78 is 1.04. The Morgan fingerprint density at radius 3 is 2.57 bits per heavy atom. The third kappa shape index (κ3) is 1.40. The van der Waals surface area contributed by atoms with Crippen LogP contribution in [-0.4, -0.2) is 4.98 Å². The van der Waals surface area contributed by atoms with Crippen molar-refractivity contribution >= 4 is 4.08 Å². The summed E-state index contributed by atoms with van der Waals surface area (Å²) in [5, 5.41) is 0. The molecule has 0 N–H and O–H groups in total. The molecule has 1 nitrogen and oxygen atoms in total. The average Bonchev–Trinajstić information content (AvgIpc) is 1.69. The van der Waals surface area contributed by atoms with E-state index in [-0.39, 0.29) is 0 Å². The van der Waals surface area contributed by atoms with E-state index in [9.17, 15) is 0 Å². The molecule has 0 atom stereocenters. The molecule has 0 saturated carbocycles. The number of hydrogen-bond acceptors (Lipinski definition) is 1.